The fourth-order valence-electron chi connectivity index (χ4n) is 6.87. The van der Waals surface area contributed by atoms with Gasteiger partial charge in [0.15, 0.2) is 0 Å². The highest BCUT2D eigenvalue weighted by molar-refractivity contribution is 5.29. The molecule has 4 nitrogen and oxygen atoms in total. The average molecular weight is 461 g/mol. The molecule has 4 heteroatoms. The van der Waals surface area contributed by atoms with E-state index in [4.69, 9.17) is 4.74 Å². The summed E-state index contributed by atoms with van der Waals surface area (Å²) in [5.74, 6) is 1.16. The fourth-order valence-corrected chi connectivity index (χ4v) is 6.87. The molecule has 33 heavy (non-hydrogen) atoms. The van der Waals surface area contributed by atoms with Crippen LogP contribution >= 0.6 is 0 Å². The summed E-state index contributed by atoms with van der Waals surface area (Å²) in [5.41, 5.74) is 2.94. The first-order valence-electron chi connectivity index (χ1n) is 13.4. The summed E-state index contributed by atoms with van der Waals surface area (Å²) in [5, 5.41) is 30.8. The SMILES string of the molecule is C=C1C(O)CC(=CC=C2CCCC3(C)C2CCC3C(C)OCCCC(O)(CC)CC)CC1O. The topological polar surface area (TPSA) is 69.9 Å². The summed E-state index contributed by atoms with van der Waals surface area (Å²) in [7, 11) is 0. The second-order valence-electron chi connectivity index (χ2n) is 11.3. The van der Waals surface area contributed by atoms with Gasteiger partial charge in [0.25, 0.3) is 0 Å². The molecule has 3 aliphatic carbocycles. The lowest BCUT2D eigenvalue weighted by atomic mass is 9.62. The minimum Gasteiger partial charge on any atom is -0.390 e. The first-order valence-corrected chi connectivity index (χ1v) is 13.4. The van der Waals surface area contributed by atoms with E-state index in [1.165, 1.54) is 31.3 Å². The van der Waals surface area contributed by atoms with Gasteiger partial charge in [0, 0.05) is 6.61 Å². The summed E-state index contributed by atoms with van der Waals surface area (Å²) in [6.45, 7) is 13.4. The summed E-state index contributed by atoms with van der Waals surface area (Å²) in [4.78, 5) is 0. The highest BCUT2D eigenvalue weighted by Crippen LogP contribution is 2.58. The van der Waals surface area contributed by atoms with Crippen molar-refractivity contribution in [2.75, 3.05) is 6.61 Å². The van der Waals surface area contributed by atoms with Gasteiger partial charge >= 0.3 is 0 Å². The van der Waals surface area contributed by atoms with E-state index in [-0.39, 0.29) is 11.5 Å². The van der Waals surface area contributed by atoms with E-state index in [1.807, 2.05) is 0 Å². The van der Waals surface area contributed by atoms with Crippen molar-refractivity contribution in [3.8, 4) is 0 Å². The highest BCUT2D eigenvalue weighted by Gasteiger charge is 2.51. The number of allylic oxidation sites excluding steroid dienone is 3. The number of hydrogen-bond donors (Lipinski definition) is 3. The molecule has 0 radical (unpaired) electrons. The Kier molecular flexibility index (Phi) is 9.05. The van der Waals surface area contributed by atoms with Gasteiger partial charge in [-0.15, -0.1) is 0 Å². The zero-order chi connectivity index (χ0) is 24.2. The van der Waals surface area contributed by atoms with Crippen LogP contribution in [0.5, 0.6) is 0 Å². The molecule has 3 saturated carbocycles. The Labute approximate surface area is 201 Å². The Morgan fingerprint density at radius 3 is 2.45 bits per heavy atom. The Hall–Kier alpha value is -0.940. The van der Waals surface area contributed by atoms with Crippen molar-refractivity contribution < 1.29 is 20.1 Å². The van der Waals surface area contributed by atoms with E-state index >= 15 is 0 Å². The van der Waals surface area contributed by atoms with Crippen LogP contribution in [0.1, 0.15) is 98.3 Å². The lowest BCUT2D eigenvalue weighted by molar-refractivity contribution is -0.0365. The van der Waals surface area contributed by atoms with Crippen molar-refractivity contribution in [1.82, 2.24) is 0 Å². The van der Waals surface area contributed by atoms with Crippen LogP contribution in [0.2, 0.25) is 0 Å². The van der Waals surface area contributed by atoms with E-state index in [9.17, 15) is 15.3 Å². The fraction of sp³-hybridized carbons (Fsp3) is 0.793. The van der Waals surface area contributed by atoms with Crippen LogP contribution in [0.3, 0.4) is 0 Å². The number of ether oxygens (including phenoxy) is 1. The summed E-state index contributed by atoms with van der Waals surface area (Å²) >= 11 is 0. The monoisotopic (exact) mass is 460 g/mol. The van der Waals surface area contributed by atoms with E-state index in [2.05, 4.69) is 46.4 Å². The molecule has 0 heterocycles. The summed E-state index contributed by atoms with van der Waals surface area (Å²) < 4.78 is 6.34. The van der Waals surface area contributed by atoms with Crippen molar-refractivity contribution in [2.24, 2.45) is 17.3 Å². The molecular formula is C29H48O4. The van der Waals surface area contributed by atoms with Gasteiger partial charge in [-0.2, -0.15) is 0 Å². The van der Waals surface area contributed by atoms with E-state index in [1.54, 1.807) is 0 Å². The number of aliphatic hydroxyl groups is 3. The molecule has 0 aromatic carbocycles. The van der Waals surface area contributed by atoms with Gasteiger partial charge in [-0.3, -0.25) is 0 Å². The maximum Gasteiger partial charge on any atom is 0.0809 e. The van der Waals surface area contributed by atoms with Crippen molar-refractivity contribution in [1.29, 1.82) is 0 Å². The first-order chi connectivity index (χ1) is 15.6. The smallest absolute Gasteiger partial charge is 0.0809 e. The zero-order valence-corrected chi connectivity index (χ0v) is 21.5. The van der Waals surface area contributed by atoms with Crippen molar-refractivity contribution >= 4 is 0 Å². The predicted octanol–water partition coefficient (Wildman–Crippen LogP) is 5.86. The van der Waals surface area contributed by atoms with E-state index in [0.29, 0.717) is 30.3 Å². The van der Waals surface area contributed by atoms with Crippen LogP contribution in [0.25, 0.3) is 0 Å². The molecule has 6 unspecified atom stereocenters. The molecule has 188 valence electrons. The van der Waals surface area contributed by atoms with Gasteiger partial charge in [0.1, 0.15) is 0 Å². The second kappa shape index (κ2) is 11.2. The van der Waals surface area contributed by atoms with E-state index in [0.717, 1.165) is 44.3 Å². The number of rotatable bonds is 9. The lowest BCUT2D eigenvalue weighted by Crippen LogP contribution is -2.39. The molecule has 0 aromatic rings. The van der Waals surface area contributed by atoms with Crippen LogP contribution in [0, 0.1) is 17.3 Å². The Morgan fingerprint density at radius 1 is 1.15 bits per heavy atom. The van der Waals surface area contributed by atoms with Crippen molar-refractivity contribution in [3.63, 3.8) is 0 Å². The standard InChI is InChI=1S/C29H48O4/c1-6-29(32,7-2)16-9-17-33-21(4)24-13-14-25-23(10-8-15-28(24,25)5)12-11-22-18-26(30)20(3)27(31)19-22/h11-12,21,24-27,30-32H,3,6-10,13-19H2,1-2,4-5H3. The Morgan fingerprint density at radius 2 is 1.82 bits per heavy atom. The predicted molar refractivity (Wildman–Crippen MR) is 135 cm³/mol. The normalized spacial score (nSPS) is 35.1. The minimum absolute atomic E-state index is 0.240. The van der Waals surface area contributed by atoms with Crippen LogP contribution in [-0.2, 0) is 4.74 Å². The maximum absolute atomic E-state index is 10.5. The van der Waals surface area contributed by atoms with E-state index < -0.39 is 17.8 Å². The van der Waals surface area contributed by atoms with Gasteiger partial charge < -0.3 is 20.1 Å². The van der Waals surface area contributed by atoms with Crippen molar-refractivity contribution in [3.05, 3.63) is 35.5 Å². The van der Waals surface area contributed by atoms with Crippen LogP contribution in [-0.4, -0.2) is 45.8 Å². The summed E-state index contributed by atoms with van der Waals surface area (Å²) in [6, 6.07) is 0. The van der Waals surface area contributed by atoms with Gasteiger partial charge in [0.05, 0.1) is 23.9 Å². The molecule has 0 bridgehead atoms. The van der Waals surface area contributed by atoms with Gasteiger partial charge in [-0.1, -0.05) is 50.6 Å². The van der Waals surface area contributed by atoms with Crippen LogP contribution < -0.4 is 0 Å². The molecule has 0 aromatic heterocycles. The van der Waals surface area contributed by atoms with Crippen molar-refractivity contribution in [2.45, 2.75) is 122 Å². The average Bonchev–Trinajstić information content (AvgIpc) is 3.16. The second-order valence-corrected chi connectivity index (χ2v) is 11.3. The van der Waals surface area contributed by atoms with Gasteiger partial charge in [0.2, 0.25) is 0 Å². The molecule has 3 aliphatic rings. The maximum atomic E-state index is 10.5. The number of aliphatic hydroxyl groups excluding tert-OH is 2. The first kappa shape index (κ1) is 26.7. The molecule has 3 fully saturated rings. The quantitative estimate of drug-likeness (QED) is 0.298. The molecule has 6 atom stereocenters. The largest absolute Gasteiger partial charge is 0.390 e. The lowest BCUT2D eigenvalue weighted by Gasteiger charge is -2.44. The third kappa shape index (κ3) is 6.01. The van der Waals surface area contributed by atoms with Gasteiger partial charge in [-0.05, 0) is 100 Å². The third-order valence-electron chi connectivity index (χ3n) is 9.39. The van der Waals surface area contributed by atoms with Crippen LogP contribution in [0.4, 0.5) is 0 Å². The number of fused-ring (bicyclic) bond motifs is 1. The Bertz CT molecular complexity index is 718. The molecular weight excluding hydrogens is 412 g/mol. The third-order valence-corrected chi connectivity index (χ3v) is 9.39. The molecule has 0 amide bonds. The molecule has 0 spiro atoms. The summed E-state index contributed by atoms with van der Waals surface area (Å²) in [6.07, 6.45) is 14.0. The molecule has 3 rings (SSSR count). The minimum atomic E-state index is -0.630. The number of hydrogen-bond acceptors (Lipinski definition) is 4. The molecule has 0 aliphatic heterocycles. The Balaban J connectivity index is 1.60. The zero-order valence-electron chi connectivity index (χ0n) is 21.5. The van der Waals surface area contributed by atoms with Gasteiger partial charge in [-0.25, -0.2) is 0 Å². The molecule has 0 saturated heterocycles. The molecule has 3 N–H and O–H groups in total. The van der Waals surface area contributed by atoms with Crippen LogP contribution in [0.15, 0.2) is 35.5 Å². The highest BCUT2D eigenvalue weighted by atomic mass is 16.5.